The van der Waals surface area contributed by atoms with Crippen LogP contribution in [0, 0.1) is 12.3 Å². The van der Waals surface area contributed by atoms with Gasteiger partial charge in [0, 0.05) is 25.3 Å². The van der Waals surface area contributed by atoms with Crippen LogP contribution in [-0.4, -0.2) is 25.6 Å². The summed E-state index contributed by atoms with van der Waals surface area (Å²) in [4.78, 5) is 15.6. The quantitative estimate of drug-likeness (QED) is 0.616. The summed E-state index contributed by atoms with van der Waals surface area (Å²) in [5.74, 6) is 2.50. The maximum absolute atomic E-state index is 11.7. The number of nitrogens with zero attached hydrogens (tertiary/aromatic N) is 1. The highest BCUT2D eigenvalue weighted by Crippen LogP contribution is 2.22. The first kappa shape index (κ1) is 17.5. The molecule has 0 saturated carbocycles. The number of nitrogens with one attached hydrogen (secondary N) is 1. The molecule has 0 aliphatic carbocycles. The Morgan fingerprint density at radius 3 is 2.71 bits per heavy atom. The topological polar surface area (TPSA) is 76.1 Å². The summed E-state index contributed by atoms with van der Waals surface area (Å²) >= 11 is 5.92. The van der Waals surface area contributed by atoms with E-state index in [1.807, 2.05) is 0 Å². The molecule has 1 rings (SSSR count). The Balaban J connectivity index is 2.56. The lowest BCUT2D eigenvalue weighted by atomic mass is 10.1. The largest absolute Gasteiger partial charge is 0.309 e. The highest BCUT2D eigenvalue weighted by atomic mass is 35.5. The van der Waals surface area contributed by atoms with Crippen molar-refractivity contribution in [3.05, 3.63) is 17.3 Å². The van der Waals surface area contributed by atoms with E-state index in [2.05, 4.69) is 16.2 Å². The van der Waals surface area contributed by atoms with Crippen molar-refractivity contribution in [2.75, 3.05) is 11.6 Å². The number of amides is 1. The van der Waals surface area contributed by atoms with Crippen LogP contribution < -0.4 is 5.32 Å². The van der Waals surface area contributed by atoms with Crippen molar-refractivity contribution in [3.63, 3.8) is 0 Å². The molecule has 0 fully saturated rings. The lowest BCUT2D eigenvalue weighted by molar-refractivity contribution is -0.116. The first-order chi connectivity index (χ1) is 9.84. The Kier molecular flexibility index (Phi) is 6.66. The fourth-order valence-electron chi connectivity index (χ4n) is 1.60. The third kappa shape index (κ3) is 6.15. The third-order valence-electron chi connectivity index (χ3n) is 2.73. The van der Waals surface area contributed by atoms with Gasteiger partial charge in [-0.05, 0) is 18.9 Å². The van der Waals surface area contributed by atoms with Crippen molar-refractivity contribution in [2.24, 2.45) is 0 Å². The minimum Gasteiger partial charge on any atom is -0.309 e. The molecule has 1 heterocycles. The van der Waals surface area contributed by atoms with Gasteiger partial charge in [0.05, 0.1) is 9.92 Å². The van der Waals surface area contributed by atoms with Crippen LogP contribution in [0.15, 0.2) is 17.2 Å². The summed E-state index contributed by atoms with van der Waals surface area (Å²) in [6, 6.07) is 1.27. The van der Waals surface area contributed by atoms with Gasteiger partial charge in [-0.3, -0.25) is 4.79 Å². The summed E-state index contributed by atoms with van der Waals surface area (Å²) in [6.07, 6.45) is 10.9. The van der Waals surface area contributed by atoms with Gasteiger partial charge in [-0.1, -0.05) is 18.0 Å². The Morgan fingerprint density at radius 1 is 1.43 bits per heavy atom. The molecule has 5 nitrogen and oxygen atoms in total. The summed E-state index contributed by atoms with van der Waals surface area (Å²) in [5, 5.41) is 2.66. The third-order valence-corrected chi connectivity index (χ3v) is 4.09. The predicted octanol–water partition coefficient (Wildman–Crippen LogP) is 2.66. The number of anilines is 1. The first-order valence-corrected chi connectivity index (χ1v) is 8.70. The van der Waals surface area contributed by atoms with Crippen molar-refractivity contribution in [3.8, 4) is 12.3 Å². The number of sulfone groups is 1. The molecule has 0 bridgehead atoms. The first-order valence-electron chi connectivity index (χ1n) is 6.43. The number of terminal acetylenes is 1. The van der Waals surface area contributed by atoms with E-state index in [0.717, 1.165) is 25.5 Å². The van der Waals surface area contributed by atoms with Crippen LogP contribution in [0.1, 0.15) is 32.1 Å². The van der Waals surface area contributed by atoms with Gasteiger partial charge < -0.3 is 5.32 Å². The molecule has 0 unspecified atom stereocenters. The van der Waals surface area contributed by atoms with E-state index in [1.54, 1.807) is 0 Å². The fraction of sp³-hybridized carbons (Fsp3) is 0.429. The van der Waals surface area contributed by atoms with Gasteiger partial charge in [-0.2, -0.15) is 0 Å². The van der Waals surface area contributed by atoms with Crippen LogP contribution >= 0.6 is 11.6 Å². The zero-order valence-corrected chi connectivity index (χ0v) is 13.3. The number of unbranched alkanes of at least 4 members (excludes halogenated alkanes) is 3. The smallest absolute Gasteiger partial charge is 0.225 e. The number of carbonyl (C=O) groups excluding carboxylic acids is 1. The van der Waals surface area contributed by atoms with Crippen LogP contribution in [-0.2, 0) is 14.6 Å². The average Bonchev–Trinajstić information content (AvgIpc) is 2.39. The van der Waals surface area contributed by atoms with Crippen molar-refractivity contribution in [1.29, 1.82) is 0 Å². The van der Waals surface area contributed by atoms with Crippen molar-refractivity contribution < 1.29 is 13.2 Å². The van der Waals surface area contributed by atoms with Crippen LogP contribution in [0.25, 0.3) is 0 Å². The number of pyridine rings is 1. The van der Waals surface area contributed by atoms with Crippen LogP contribution in [0.4, 0.5) is 5.82 Å². The summed E-state index contributed by atoms with van der Waals surface area (Å²) in [5.41, 5.74) is 0. The number of carbonyl (C=O) groups is 1. The van der Waals surface area contributed by atoms with Crippen LogP contribution in [0.3, 0.4) is 0 Å². The lowest BCUT2D eigenvalue weighted by Gasteiger charge is -2.07. The Labute approximate surface area is 130 Å². The SMILES string of the molecule is C#CCCCCCC(=O)Nc1ncc(S(C)(=O)=O)cc1Cl. The van der Waals surface area contributed by atoms with E-state index in [1.165, 1.54) is 12.3 Å². The predicted molar refractivity (Wildman–Crippen MR) is 82.9 cm³/mol. The molecule has 0 aliphatic rings. The molecule has 1 aromatic heterocycles. The minimum atomic E-state index is -3.37. The van der Waals surface area contributed by atoms with Gasteiger partial charge in [0.25, 0.3) is 0 Å². The summed E-state index contributed by atoms with van der Waals surface area (Å²) < 4.78 is 22.7. The molecule has 1 N–H and O–H groups in total. The van der Waals surface area contributed by atoms with Gasteiger partial charge in [-0.25, -0.2) is 13.4 Å². The molecular weight excluding hydrogens is 312 g/mol. The van der Waals surface area contributed by atoms with E-state index < -0.39 is 9.84 Å². The highest BCUT2D eigenvalue weighted by molar-refractivity contribution is 7.90. The number of aromatic nitrogens is 1. The fourth-order valence-corrected chi connectivity index (χ4v) is 2.45. The molecule has 0 atom stereocenters. The maximum Gasteiger partial charge on any atom is 0.225 e. The Morgan fingerprint density at radius 2 is 2.14 bits per heavy atom. The molecule has 0 aliphatic heterocycles. The number of hydrogen-bond donors (Lipinski definition) is 1. The van der Waals surface area contributed by atoms with Crippen molar-refractivity contribution in [2.45, 2.75) is 37.0 Å². The summed E-state index contributed by atoms with van der Waals surface area (Å²) in [6.45, 7) is 0. The van der Waals surface area contributed by atoms with Gasteiger partial charge in [0.1, 0.15) is 0 Å². The second-order valence-electron chi connectivity index (χ2n) is 4.59. The van der Waals surface area contributed by atoms with Crippen LogP contribution in [0.2, 0.25) is 5.02 Å². The van der Waals surface area contributed by atoms with E-state index in [4.69, 9.17) is 18.0 Å². The molecule has 114 valence electrons. The average molecular weight is 329 g/mol. The van der Waals surface area contributed by atoms with Crippen molar-refractivity contribution >= 4 is 33.2 Å². The monoisotopic (exact) mass is 328 g/mol. The molecule has 1 aromatic rings. The summed E-state index contributed by atoms with van der Waals surface area (Å²) in [7, 11) is -3.37. The maximum atomic E-state index is 11.7. The van der Waals surface area contributed by atoms with Gasteiger partial charge in [0.15, 0.2) is 15.7 Å². The van der Waals surface area contributed by atoms with Gasteiger partial charge in [-0.15, -0.1) is 12.3 Å². The zero-order valence-electron chi connectivity index (χ0n) is 11.7. The van der Waals surface area contributed by atoms with Gasteiger partial charge >= 0.3 is 0 Å². The number of halogens is 1. The Hall–Kier alpha value is -1.58. The van der Waals surface area contributed by atoms with Crippen molar-refractivity contribution in [1.82, 2.24) is 4.98 Å². The standard InChI is InChI=1S/C14H17ClN2O3S/c1-3-4-5-6-7-8-13(18)17-14-12(15)9-11(10-16-14)21(2,19)20/h1,9-10H,4-8H2,2H3,(H,16,17,18). The second-order valence-corrected chi connectivity index (χ2v) is 7.01. The molecule has 0 radical (unpaired) electrons. The van der Waals surface area contributed by atoms with E-state index in [-0.39, 0.29) is 21.6 Å². The minimum absolute atomic E-state index is 0.0137. The molecule has 21 heavy (non-hydrogen) atoms. The van der Waals surface area contributed by atoms with Crippen LogP contribution in [0.5, 0.6) is 0 Å². The van der Waals surface area contributed by atoms with E-state index >= 15 is 0 Å². The van der Waals surface area contributed by atoms with E-state index in [9.17, 15) is 13.2 Å². The zero-order chi connectivity index (χ0) is 15.9. The number of hydrogen-bond acceptors (Lipinski definition) is 4. The molecule has 0 aromatic carbocycles. The molecule has 1 amide bonds. The van der Waals surface area contributed by atoms with E-state index in [0.29, 0.717) is 12.8 Å². The normalized spacial score (nSPS) is 10.9. The molecule has 7 heteroatoms. The lowest BCUT2D eigenvalue weighted by Crippen LogP contribution is -2.13. The molecular formula is C14H17ClN2O3S. The second kappa shape index (κ2) is 8.01. The highest BCUT2D eigenvalue weighted by Gasteiger charge is 2.12. The molecule has 0 saturated heterocycles. The number of rotatable bonds is 7. The Bertz CT molecular complexity index is 651. The molecule has 0 spiro atoms. The van der Waals surface area contributed by atoms with Gasteiger partial charge in [0.2, 0.25) is 5.91 Å².